The van der Waals surface area contributed by atoms with Crippen LogP contribution in [-0.2, 0) is 12.8 Å². The minimum Gasteiger partial charge on any atom is -0.318 e. The van der Waals surface area contributed by atoms with Crippen LogP contribution in [0.2, 0.25) is 0 Å². The second kappa shape index (κ2) is 5.43. The Morgan fingerprint density at radius 1 is 1.37 bits per heavy atom. The Labute approximate surface area is 118 Å². The van der Waals surface area contributed by atoms with Crippen molar-refractivity contribution in [1.29, 1.82) is 0 Å². The van der Waals surface area contributed by atoms with Crippen LogP contribution >= 0.6 is 11.3 Å². The van der Waals surface area contributed by atoms with E-state index in [0.717, 1.165) is 22.9 Å². The van der Waals surface area contributed by atoms with Gasteiger partial charge in [-0.2, -0.15) is 0 Å². The minimum absolute atomic E-state index is 0.0723. The van der Waals surface area contributed by atoms with Crippen LogP contribution in [0.5, 0.6) is 0 Å². The maximum absolute atomic E-state index is 6.34. The van der Waals surface area contributed by atoms with Crippen LogP contribution in [0.1, 0.15) is 46.9 Å². The van der Waals surface area contributed by atoms with Crippen molar-refractivity contribution >= 4 is 11.3 Å². The zero-order valence-electron chi connectivity index (χ0n) is 11.3. The molecule has 2 unspecified atom stereocenters. The highest BCUT2D eigenvalue weighted by Crippen LogP contribution is 2.34. The molecule has 3 rings (SSSR count). The molecule has 2 N–H and O–H groups in total. The molecule has 1 aliphatic rings. The number of aromatic nitrogens is 1. The van der Waals surface area contributed by atoms with Crippen molar-refractivity contribution in [2.24, 2.45) is 11.7 Å². The Morgan fingerprint density at radius 2 is 2.16 bits per heavy atom. The highest BCUT2D eigenvalue weighted by atomic mass is 32.1. The fourth-order valence-electron chi connectivity index (χ4n) is 2.75. The van der Waals surface area contributed by atoms with Gasteiger partial charge in [0.1, 0.15) is 5.01 Å². The second-order valence-electron chi connectivity index (χ2n) is 5.33. The summed E-state index contributed by atoms with van der Waals surface area (Å²) in [4.78, 5) is 6.26. The summed E-state index contributed by atoms with van der Waals surface area (Å²) in [6.07, 6.45) is 4.89. The van der Waals surface area contributed by atoms with Gasteiger partial charge in [-0.15, -0.1) is 11.3 Å². The van der Waals surface area contributed by atoms with E-state index >= 15 is 0 Å². The molecule has 0 aliphatic heterocycles. The van der Waals surface area contributed by atoms with Crippen molar-refractivity contribution in [3.05, 3.63) is 51.5 Å². The van der Waals surface area contributed by atoms with Crippen molar-refractivity contribution < 1.29 is 0 Å². The lowest BCUT2D eigenvalue weighted by Gasteiger charge is -2.18. The maximum Gasteiger partial charge on any atom is 0.114 e. The van der Waals surface area contributed by atoms with E-state index in [1.54, 1.807) is 0 Å². The number of nitrogens with two attached hydrogens (primary N) is 1. The van der Waals surface area contributed by atoms with E-state index in [0.29, 0.717) is 0 Å². The molecule has 0 radical (unpaired) electrons. The third-order valence-electron chi connectivity index (χ3n) is 4.06. The number of rotatable bonds is 3. The molecule has 0 fully saturated rings. The first-order valence-electron chi connectivity index (χ1n) is 7.07. The summed E-state index contributed by atoms with van der Waals surface area (Å²) in [6.45, 7) is 2.29. The van der Waals surface area contributed by atoms with Gasteiger partial charge in [0.15, 0.2) is 0 Å². The zero-order valence-corrected chi connectivity index (χ0v) is 12.1. The van der Waals surface area contributed by atoms with E-state index in [4.69, 9.17) is 10.7 Å². The van der Waals surface area contributed by atoms with Crippen molar-refractivity contribution in [1.82, 2.24) is 4.98 Å². The van der Waals surface area contributed by atoms with E-state index < -0.39 is 0 Å². The SMILES string of the molecule is CCC1CCc2nc(C(N)c3ccccc3)sc2C1. The average molecular weight is 272 g/mol. The Morgan fingerprint density at radius 3 is 2.89 bits per heavy atom. The van der Waals surface area contributed by atoms with Gasteiger partial charge in [-0.05, 0) is 30.7 Å². The largest absolute Gasteiger partial charge is 0.318 e. The molecule has 1 aliphatic carbocycles. The van der Waals surface area contributed by atoms with Gasteiger partial charge < -0.3 is 5.73 Å². The topological polar surface area (TPSA) is 38.9 Å². The normalized spacial score (nSPS) is 20.0. The van der Waals surface area contributed by atoms with E-state index in [1.165, 1.54) is 29.8 Å². The molecule has 1 heterocycles. The predicted molar refractivity (Wildman–Crippen MR) is 80.4 cm³/mol. The fraction of sp³-hybridized carbons (Fsp3) is 0.438. The average Bonchev–Trinajstić information content (AvgIpc) is 2.90. The van der Waals surface area contributed by atoms with E-state index in [-0.39, 0.29) is 6.04 Å². The summed E-state index contributed by atoms with van der Waals surface area (Å²) in [5.41, 5.74) is 8.80. The lowest BCUT2D eigenvalue weighted by Crippen LogP contribution is -2.12. The first-order valence-corrected chi connectivity index (χ1v) is 7.88. The fourth-order valence-corrected chi connectivity index (χ4v) is 4.00. The first kappa shape index (κ1) is 12.8. The number of aryl methyl sites for hydroxylation is 1. The molecule has 0 amide bonds. The van der Waals surface area contributed by atoms with Crippen LogP contribution in [0.4, 0.5) is 0 Å². The van der Waals surface area contributed by atoms with E-state index in [2.05, 4.69) is 19.1 Å². The predicted octanol–water partition coefficient (Wildman–Crippen LogP) is 3.71. The minimum atomic E-state index is -0.0723. The van der Waals surface area contributed by atoms with Gasteiger partial charge in [-0.25, -0.2) is 4.98 Å². The molecule has 100 valence electrons. The Hall–Kier alpha value is -1.19. The standard InChI is InChI=1S/C16H20N2S/c1-2-11-8-9-13-14(10-11)19-16(18-13)15(17)12-6-4-3-5-7-12/h3-7,11,15H,2,8-10,17H2,1H3. The molecular formula is C16H20N2S. The summed E-state index contributed by atoms with van der Waals surface area (Å²) in [5.74, 6) is 0.841. The van der Waals surface area contributed by atoms with Gasteiger partial charge in [-0.3, -0.25) is 0 Å². The maximum atomic E-state index is 6.34. The van der Waals surface area contributed by atoms with Crippen LogP contribution in [0.25, 0.3) is 0 Å². The zero-order chi connectivity index (χ0) is 13.2. The highest BCUT2D eigenvalue weighted by molar-refractivity contribution is 7.11. The van der Waals surface area contributed by atoms with Crippen molar-refractivity contribution in [3.8, 4) is 0 Å². The first-order chi connectivity index (χ1) is 9.28. The Bertz CT molecular complexity index is 547. The van der Waals surface area contributed by atoms with Gasteiger partial charge in [0.05, 0.1) is 11.7 Å². The molecule has 19 heavy (non-hydrogen) atoms. The van der Waals surface area contributed by atoms with E-state index in [9.17, 15) is 0 Å². The number of hydrogen-bond acceptors (Lipinski definition) is 3. The van der Waals surface area contributed by atoms with Crippen molar-refractivity contribution in [2.75, 3.05) is 0 Å². The molecule has 0 saturated carbocycles. The third-order valence-corrected chi connectivity index (χ3v) is 5.26. The molecule has 1 aromatic carbocycles. The van der Waals surface area contributed by atoms with Gasteiger partial charge in [0, 0.05) is 4.88 Å². The van der Waals surface area contributed by atoms with Crippen molar-refractivity contribution in [3.63, 3.8) is 0 Å². The van der Waals surface area contributed by atoms with Gasteiger partial charge >= 0.3 is 0 Å². The number of thiazole rings is 1. The summed E-state index contributed by atoms with van der Waals surface area (Å²) < 4.78 is 0. The molecular weight excluding hydrogens is 252 g/mol. The summed E-state index contributed by atoms with van der Waals surface area (Å²) in [6, 6.07) is 10.2. The monoisotopic (exact) mass is 272 g/mol. The lowest BCUT2D eigenvalue weighted by molar-refractivity contribution is 0.445. The summed E-state index contributed by atoms with van der Waals surface area (Å²) in [5, 5.41) is 1.08. The molecule has 1 aromatic heterocycles. The molecule has 2 aromatic rings. The number of fused-ring (bicyclic) bond motifs is 1. The van der Waals surface area contributed by atoms with Crippen LogP contribution in [-0.4, -0.2) is 4.98 Å². The lowest BCUT2D eigenvalue weighted by atomic mass is 9.89. The highest BCUT2D eigenvalue weighted by Gasteiger charge is 2.23. The molecule has 2 atom stereocenters. The molecule has 3 heteroatoms. The van der Waals surface area contributed by atoms with Crippen molar-refractivity contribution in [2.45, 2.75) is 38.6 Å². The molecule has 0 bridgehead atoms. The molecule has 2 nitrogen and oxygen atoms in total. The van der Waals surface area contributed by atoms with Crippen LogP contribution in [0.3, 0.4) is 0 Å². The van der Waals surface area contributed by atoms with Crippen LogP contribution in [0.15, 0.2) is 30.3 Å². The summed E-state index contributed by atoms with van der Waals surface area (Å²) in [7, 11) is 0. The number of benzene rings is 1. The van der Waals surface area contributed by atoms with Crippen LogP contribution in [0, 0.1) is 5.92 Å². The Kier molecular flexibility index (Phi) is 3.67. The number of hydrogen-bond donors (Lipinski definition) is 1. The van der Waals surface area contributed by atoms with Gasteiger partial charge in [0.25, 0.3) is 0 Å². The number of nitrogens with zero attached hydrogens (tertiary/aromatic N) is 1. The second-order valence-corrected chi connectivity index (χ2v) is 6.44. The van der Waals surface area contributed by atoms with Gasteiger partial charge in [-0.1, -0.05) is 43.7 Å². The van der Waals surface area contributed by atoms with Crippen LogP contribution < -0.4 is 5.73 Å². The molecule has 0 spiro atoms. The van der Waals surface area contributed by atoms with Gasteiger partial charge in [0.2, 0.25) is 0 Å². The summed E-state index contributed by atoms with van der Waals surface area (Å²) >= 11 is 1.82. The quantitative estimate of drug-likeness (QED) is 0.925. The third kappa shape index (κ3) is 2.58. The van der Waals surface area contributed by atoms with E-state index in [1.807, 2.05) is 29.5 Å². The molecule has 0 saturated heterocycles. The smallest absolute Gasteiger partial charge is 0.114 e. The Balaban J connectivity index is 1.85.